The average molecular weight is 200 g/mol. The predicted molar refractivity (Wildman–Crippen MR) is 46.5 cm³/mol. The number of ether oxygens (including phenoxy) is 1. The van der Waals surface area contributed by atoms with Gasteiger partial charge in [0, 0.05) is 5.92 Å². The summed E-state index contributed by atoms with van der Waals surface area (Å²) < 4.78 is 5.12. The molecule has 0 saturated carbocycles. The number of halogens is 1. The SMILES string of the molecule is O=C(O)C1=CC2C=COC2C(Cl)=N1. The summed E-state index contributed by atoms with van der Waals surface area (Å²) in [5.41, 5.74) is -0.0265. The van der Waals surface area contributed by atoms with Crippen molar-refractivity contribution >= 4 is 22.7 Å². The van der Waals surface area contributed by atoms with Gasteiger partial charge in [-0.2, -0.15) is 0 Å². The molecule has 4 nitrogen and oxygen atoms in total. The summed E-state index contributed by atoms with van der Waals surface area (Å²) in [5.74, 6) is -1.17. The molecule has 0 fully saturated rings. The molecule has 0 aromatic rings. The van der Waals surface area contributed by atoms with Gasteiger partial charge in [-0.05, 0) is 12.2 Å². The highest BCUT2D eigenvalue weighted by atomic mass is 35.5. The molecule has 13 heavy (non-hydrogen) atoms. The zero-order chi connectivity index (χ0) is 9.42. The molecule has 2 atom stereocenters. The second-order valence-electron chi connectivity index (χ2n) is 2.75. The Morgan fingerprint density at radius 1 is 1.69 bits per heavy atom. The third kappa shape index (κ3) is 1.33. The lowest BCUT2D eigenvalue weighted by Crippen LogP contribution is -2.26. The molecule has 68 valence electrons. The van der Waals surface area contributed by atoms with E-state index in [9.17, 15) is 4.79 Å². The number of hydrogen-bond acceptors (Lipinski definition) is 3. The van der Waals surface area contributed by atoms with Gasteiger partial charge in [-0.3, -0.25) is 0 Å². The summed E-state index contributed by atoms with van der Waals surface area (Å²) in [6.07, 6.45) is 4.46. The molecule has 2 unspecified atom stereocenters. The average Bonchev–Trinajstić information content (AvgIpc) is 2.51. The van der Waals surface area contributed by atoms with Gasteiger partial charge in [-0.25, -0.2) is 9.79 Å². The summed E-state index contributed by atoms with van der Waals surface area (Å²) in [6.45, 7) is 0. The van der Waals surface area contributed by atoms with Crippen LogP contribution in [-0.4, -0.2) is 22.4 Å². The van der Waals surface area contributed by atoms with E-state index in [-0.39, 0.29) is 22.9 Å². The van der Waals surface area contributed by atoms with Crippen LogP contribution >= 0.6 is 11.6 Å². The number of rotatable bonds is 1. The Labute approximate surface area is 79.2 Å². The van der Waals surface area contributed by atoms with E-state index < -0.39 is 5.97 Å². The molecule has 0 spiro atoms. The molecule has 2 aliphatic rings. The standard InChI is InChI=1S/C8H6ClNO3/c9-7-6-4(1-2-13-6)3-5(10-7)8(11)12/h1-4,6H,(H,11,12). The Morgan fingerprint density at radius 2 is 2.46 bits per heavy atom. The number of aliphatic carboxylic acids is 1. The van der Waals surface area contributed by atoms with Crippen molar-refractivity contribution < 1.29 is 14.6 Å². The number of hydrogen-bond donors (Lipinski definition) is 1. The van der Waals surface area contributed by atoms with E-state index in [1.807, 2.05) is 0 Å². The van der Waals surface area contributed by atoms with Crippen LogP contribution in [0.5, 0.6) is 0 Å². The third-order valence-electron chi connectivity index (χ3n) is 1.91. The minimum atomic E-state index is -1.07. The molecule has 0 aromatic heterocycles. The van der Waals surface area contributed by atoms with Crippen LogP contribution in [0.25, 0.3) is 0 Å². The molecule has 2 heterocycles. The van der Waals surface area contributed by atoms with Crippen molar-refractivity contribution in [1.82, 2.24) is 0 Å². The zero-order valence-corrected chi connectivity index (χ0v) is 7.23. The first-order chi connectivity index (χ1) is 6.18. The fraction of sp³-hybridized carbons (Fsp3) is 0.250. The molecule has 0 saturated heterocycles. The van der Waals surface area contributed by atoms with Crippen LogP contribution in [0.2, 0.25) is 0 Å². The third-order valence-corrected chi connectivity index (χ3v) is 2.21. The normalized spacial score (nSPS) is 30.2. The summed E-state index contributed by atoms with van der Waals surface area (Å²) in [4.78, 5) is 14.3. The second kappa shape index (κ2) is 2.88. The number of carboxylic acid groups (broad SMARTS) is 1. The van der Waals surface area contributed by atoms with Gasteiger partial charge >= 0.3 is 5.97 Å². The Kier molecular flexibility index (Phi) is 1.84. The Hall–Kier alpha value is -1.29. The smallest absolute Gasteiger partial charge is 0.354 e. The minimum Gasteiger partial charge on any atom is -0.490 e. The lowest BCUT2D eigenvalue weighted by molar-refractivity contribution is -0.132. The van der Waals surface area contributed by atoms with E-state index in [4.69, 9.17) is 21.4 Å². The molecule has 0 amide bonds. The number of nitrogens with zero attached hydrogens (tertiary/aromatic N) is 1. The van der Waals surface area contributed by atoms with Gasteiger partial charge in [0.15, 0.2) is 6.10 Å². The van der Waals surface area contributed by atoms with Crippen molar-refractivity contribution in [3.05, 3.63) is 24.1 Å². The number of aliphatic imine (C=N–C) groups is 1. The van der Waals surface area contributed by atoms with Crippen molar-refractivity contribution in [3.63, 3.8) is 0 Å². The number of carbonyl (C=O) groups is 1. The molecule has 2 rings (SSSR count). The lowest BCUT2D eigenvalue weighted by Gasteiger charge is -2.18. The first kappa shape index (κ1) is 8.31. The van der Waals surface area contributed by atoms with Crippen molar-refractivity contribution in [2.45, 2.75) is 6.10 Å². The largest absolute Gasteiger partial charge is 0.490 e. The van der Waals surface area contributed by atoms with Crippen LogP contribution in [0.4, 0.5) is 0 Å². The topological polar surface area (TPSA) is 58.9 Å². The minimum absolute atomic E-state index is 0.0265. The van der Waals surface area contributed by atoms with Crippen LogP contribution in [0.3, 0.4) is 0 Å². The molecular formula is C8H6ClNO3. The van der Waals surface area contributed by atoms with E-state index in [0.717, 1.165) is 0 Å². The van der Waals surface area contributed by atoms with Crippen LogP contribution < -0.4 is 0 Å². The second-order valence-corrected chi connectivity index (χ2v) is 3.14. The first-order valence-corrected chi connectivity index (χ1v) is 4.07. The highest BCUT2D eigenvalue weighted by Gasteiger charge is 2.32. The van der Waals surface area contributed by atoms with Gasteiger partial charge in [0.05, 0.1) is 6.26 Å². The quantitative estimate of drug-likeness (QED) is 0.689. The Morgan fingerprint density at radius 3 is 3.15 bits per heavy atom. The Balaban J connectivity index is 2.34. The van der Waals surface area contributed by atoms with E-state index in [1.54, 1.807) is 6.08 Å². The summed E-state index contributed by atoms with van der Waals surface area (Å²) in [6, 6.07) is 0. The molecule has 2 aliphatic heterocycles. The summed E-state index contributed by atoms with van der Waals surface area (Å²) >= 11 is 5.74. The summed E-state index contributed by atoms with van der Waals surface area (Å²) in [5, 5.41) is 8.87. The number of carboxylic acids is 1. The van der Waals surface area contributed by atoms with Gasteiger partial charge in [-0.15, -0.1) is 0 Å². The maximum absolute atomic E-state index is 10.6. The van der Waals surface area contributed by atoms with Gasteiger partial charge in [0.1, 0.15) is 10.9 Å². The van der Waals surface area contributed by atoms with E-state index in [2.05, 4.69) is 4.99 Å². The van der Waals surface area contributed by atoms with E-state index in [0.29, 0.717) is 0 Å². The fourth-order valence-electron chi connectivity index (χ4n) is 1.29. The van der Waals surface area contributed by atoms with Crippen molar-refractivity contribution in [2.24, 2.45) is 10.9 Å². The molecule has 0 aliphatic carbocycles. The zero-order valence-electron chi connectivity index (χ0n) is 6.48. The lowest BCUT2D eigenvalue weighted by atomic mass is 10.0. The molecule has 0 aromatic carbocycles. The maximum atomic E-state index is 10.6. The van der Waals surface area contributed by atoms with Crippen molar-refractivity contribution in [2.75, 3.05) is 0 Å². The number of fused-ring (bicyclic) bond motifs is 1. The monoisotopic (exact) mass is 199 g/mol. The van der Waals surface area contributed by atoms with Crippen LogP contribution in [0, 0.1) is 5.92 Å². The van der Waals surface area contributed by atoms with E-state index >= 15 is 0 Å². The molecule has 0 radical (unpaired) electrons. The first-order valence-electron chi connectivity index (χ1n) is 3.70. The van der Waals surface area contributed by atoms with Crippen LogP contribution in [-0.2, 0) is 9.53 Å². The van der Waals surface area contributed by atoms with Gasteiger partial charge < -0.3 is 9.84 Å². The molecule has 1 N–H and O–H groups in total. The van der Waals surface area contributed by atoms with Gasteiger partial charge in [-0.1, -0.05) is 11.6 Å². The molecular weight excluding hydrogens is 194 g/mol. The van der Waals surface area contributed by atoms with Gasteiger partial charge in [0.25, 0.3) is 0 Å². The Bertz CT molecular complexity index is 345. The van der Waals surface area contributed by atoms with Gasteiger partial charge in [0.2, 0.25) is 0 Å². The highest BCUT2D eigenvalue weighted by molar-refractivity contribution is 6.67. The summed E-state index contributed by atoms with van der Waals surface area (Å²) in [7, 11) is 0. The maximum Gasteiger partial charge on any atom is 0.354 e. The molecule has 5 heteroatoms. The fourth-order valence-corrected chi connectivity index (χ4v) is 1.58. The molecule has 0 bridgehead atoms. The van der Waals surface area contributed by atoms with Crippen LogP contribution in [0.15, 0.2) is 29.1 Å². The van der Waals surface area contributed by atoms with Crippen LogP contribution in [0.1, 0.15) is 0 Å². The van der Waals surface area contributed by atoms with E-state index in [1.165, 1.54) is 12.3 Å². The van der Waals surface area contributed by atoms with Crippen molar-refractivity contribution in [1.29, 1.82) is 0 Å². The highest BCUT2D eigenvalue weighted by Crippen LogP contribution is 2.27. The predicted octanol–water partition coefficient (Wildman–Crippen LogP) is 1.13. The van der Waals surface area contributed by atoms with Crippen molar-refractivity contribution in [3.8, 4) is 0 Å².